The molecule has 0 fully saturated rings. The van der Waals surface area contributed by atoms with Gasteiger partial charge in [0, 0.05) is 29.3 Å². The fourth-order valence-electron chi connectivity index (χ4n) is 2.87. The van der Waals surface area contributed by atoms with Gasteiger partial charge in [-0.05, 0) is 43.7 Å². The lowest BCUT2D eigenvalue weighted by molar-refractivity contribution is 0.475. The molecule has 102 valence electrons. The first kappa shape index (κ1) is 12.6. The molecule has 2 aromatic carbocycles. The van der Waals surface area contributed by atoms with Gasteiger partial charge in [0.1, 0.15) is 11.5 Å². The zero-order valence-corrected chi connectivity index (χ0v) is 11.6. The van der Waals surface area contributed by atoms with Crippen LogP contribution in [0.5, 0.6) is 11.5 Å². The Morgan fingerprint density at radius 2 is 1.60 bits per heavy atom. The van der Waals surface area contributed by atoms with E-state index in [1.807, 2.05) is 18.2 Å². The van der Waals surface area contributed by atoms with E-state index in [4.69, 9.17) is 0 Å². The lowest BCUT2D eigenvalue weighted by Crippen LogP contribution is -1.96. The summed E-state index contributed by atoms with van der Waals surface area (Å²) < 4.78 is 2.19. The quantitative estimate of drug-likeness (QED) is 0.735. The number of fused-ring (bicyclic) bond motifs is 1. The number of aromatic hydroxyl groups is 2. The van der Waals surface area contributed by atoms with Crippen molar-refractivity contribution in [3.05, 3.63) is 48.2 Å². The van der Waals surface area contributed by atoms with Gasteiger partial charge in [0.05, 0.1) is 5.52 Å². The van der Waals surface area contributed by atoms with E-state index in [0.717, 1.165) is 28.6 Å². The molecule has 0 amide bonds. The van der Waals surface area contributed by atoms with Crippen LogP contribution in [0.15, 0.2) is 42.5 Å². The van der Waals surface area contributed by atoms with Crippen molar-refractivity contribution in [2.75, 3.05) is 0 Å². The molecule has 0 radical (unpaired) electrons. The van der Waals surface area contributed by atoms with Crippen LogP contribution in [0.25, 0.3) is 22.0 Å². The van der Waals surface area contributed by atoms with E-state index in [-0.39, 0.29) is 11.5 Å². The zero-order chi connectivity index (χ0) is 14.3. The van der Waals surface area contributed by atoms with Crippen molar-refractivity contribution in [2.45, 2.75) is 20.4 Å². The average molecular weight is 267 g/mol. The summed E-state index contributed by atoms with van der Waals surface area (Å²) in [4.78, 5) is 0. The first-order valence-electron chi connectivity index (χ1n) is 6.73. The molecule has 0 atom stereocenters. The number of aromatic nitrogens is 1. The van der Waals surface area contributed by atoms with E-state index in [2.05, 4.69) is 18.4 Å². The number of nitrogens with zero attached hydrogens (tertiary/aromatic N) is 1. The molecule has 2 N–H and O–H groups in total. The molecule has 20 heavy (non-hydrogen) atoms. The van der Waals surface area contributed by atoms with Crippen molar-refractivity contribution in [2.24, 2.45) is 0 Å². The van der Waals surface area contributed by atoms with Crippen LogP contribution in [-0.4, -0.2) is 14.8 Å². The van der Waals surface area contributed by atoms with Gasteiger partial charge >= 0.3 is 0 Å². The highest BCUT2D eigenvalue weighted by Gasteiger charge is 2.15. The third-order valence-corrected chi connectivity index (χ3v) is 3.78. The van der Waals surface area contributed by atoms with Gasteiger partial charge in [-0.3, -0.25) is 0 Å². The van der Waals surface area contributed by atoms with Gasteiger partial charge in [0.25, 0.3) is 0 Å². The van der Waals surface area contributed by atoms with Crippen LogP contribution in [0.1, 0.15) is 12.6 Å². The molecular formula is C17H17NO2. The molecular weight excluding hydrogens is 250 g/mol. The van der Waals surface area contributed by atoms with Crippen molar-refractivity contribution in [3.8, 4) is 22.6 Å². The smallest absolute Gasteiger partial charge is 0.117 e. The van der Waals surface area contributed by atoms with Crippen molar-refractivity contribution in [1.29, 1.82) is 0 Å². The van der Waals surface area contributed by atoms with Crippen LogP contribution < -0.4 is 0 Å². The molecule has 0 aliphatic rings. The second-order valence-electron chi connectivity index (χ2n) is 4.95. The zero-order valence-electron chi connectivity index (χ0n) is 11.6. The minimum atomic E-state index is 0.267. The summed E-state index contributed by atoms with van der Waals surface area (Å²) in [7, 11) is 0. The Bertz CT molecular complexity index is 770. The molecule has 3 aromatic rings. The molecule has 0 aliphatic heterocycles. The first-order valence-corrected chi connectivity index (χ1v) is 6.73. The Kier molecular flexibility index (Phi) is 2.90. The molecule has 3 heteroatoms. The summed E-state index contributed by atoms with van der Waals surface area (Å²) >= 11 is 0. The standard InChI is InChI=1S/C17H17NO2/c1-3-18-11(2)17(12-4-6-13(19)7-5-12)15-9-8-14(20)10-16(15)18/h4-10,19-20H,3H2,1-2H3. The van der Waals surface area contributed by atoms with Crippen LogP contribution in [-0.2, 0) is 6.54 Å². The van der Waals surface area contributed by atoms with Crippen LogP contribution in [0.4, 0.5) is 0 Å². The third-order valence-electron chi connectivity index (χ3n) is 3.78. The fourth-order valence-corrected chi connectivity index (χ4v) is 2.87. The van der Waals surface area contributed by atoms with Gasteiger partial charge in [0.15, 0.2) is 0 Å². The van der Waals surface area contributed by atoms with Gasteiger partial charge in [-0.1, -0.05) is 12.1 Å². The molecule has 1 heterocycles. The molecule has 0 aliphatic carbocycles. The van der Waals surface area contributed by atoms with Gasteiger partial charge < -0.3 is 14.8 Å². The van der Waals surface area contributed by atoms with Crippen molar-refractivity contribution in [1.82, 2.24) is 4.57 Å². The molecule has 3 nitrogen and oxygen atoms in total. The number of phenols is 2. The van der Waals surface area contributed by atoms with Gasteiger partial charge in [-0.15, -0.1) is 0 Å². The van der Waals surface area contributed by atoms with Crippen LogP contribution in [0, 0.1) is 6.92 Å². The largest absolute Gasteiger partial charge is 0.508 e. The van der Waals surface area contributed by atoms with E-state index < -0.39 is 0 Å². The Balaban J connectivity index is 2.35. The topological polar surface area (TPSA) is 45.4 Å². The molecule has 1 aromatic heterocycles. The fraction of sp³-hybridized carbons (Fsp3) is 0.176. The minimum absolute atomic E-state index is 0.267. The Morgan fingerprint density at radius 1 is 0.950 bits per heavy atom. The number of aryl methyl sites for hydroxylation is 1. The van der Waals surface area contributed by atoms with E-state index >= 15 is 0 Å². The van der Waals surface area contributed by atoms with E-state index in [9.17, 15) is 10.2 Å². The molecule has 0 saturated carbocycles. The second-order valence-corrected chi connectivity index (χ2v) is 4.95. The van der Waals surface area contributed by atoms with Crippen LogP contribution in [0.3, 0.4) is 0 Å². The average Bonchev–Trinajstić information content (AvgIpc) is 2.71. The Labute approximate surface area is 117 Å². The monoisotopic (exact) mass is 267 g/mol. The normalized spacial score (nSPS) is 11.1. The summed E-state index contributed by atoms with van der Waals surface area (Å²) in [6, 6.07) is 12.7. The van der Waals surface area contributed by atoms with Gasteiger partial charge in [0.2, 0.25) is 0 Å². The molecule has 0 unspecified atom stereocenters. The summed E-state index contributed by atoms with van der Waals surface area (Å²) in [6.07, 6.45) is 0. The van der Waals surface area contributed by atoms with E-state index in [0.29, 0.717) is 0 Å². The SMILES string of the molecule is CCn1c(C)c(-c2ccc(O)cc2)c2ccc(O)cc21. The molecule has 0 bridgehead atoms. The highest BCUT2D eigenvalue weighted by molar-refractivity contribution is 5.98. The Morgan fingerprint density at radius 3 is 2.25 bits per heavy atom. The van der Waals surface area contributed by atoms with Crippen molar-refractivity contribution in [3.63, 3.8) is 0 Å². The maximum atomic E-state index is 9.71. The lowest BCUT2D eigenvalue weighted by atomic mass is 10.0. The van der Waals surface area contributed by atoms with Crippen LogP contribution >= 0.6 is 0 Å². The predicted molar refractivity (Wildman–Crippen MR) is 81.1 cm³/mol. The highest BCUT2D eigenvalue weighted by Crippen LogP contribution is 2.36. The number of hydrogen-bond acceptors (Lipinski definition) is 2. The Hall–Kier alpha value is -2.42. The molecule has 0 spiro atoms. The number of phenolic OH excluding ortho intramolecular Hbond substituents is 2. The van der Waals surface area contributed by atoms with Gasteiger partial charge in [-0.25, -0.2) is 0 Å². The van der Waals surface area contributed by atoms with E-state index in [1.54, 1.807) is 24.3 Å². The maximum absolute atomic E-state index is 9.71. The van der Waals surface area contributed by atoms with E-state index in [1.165, 1.54) is 5.69 Å². The maximum Gasteiger partial charge on any atom is 0.117 e. The van der Waals surface area contributed by atoms with Gasteiger partial charge in [-0.2, -0.15) is 0 Å². The first-order chi connectivity index (χ1) is 9.61. The summed E-state index contributed by atoms with van der Waals surface area (Å²) in [5.41, 5.74) is 4.43. The highest BCUT2D eigenvalue weighted by atomic mass is 16.3. The molecule has 0 saturated heterocycles. The van der Waals surface area contributed by atoms with Crippen molar-refractivity contribution >= 4 is 10.9 Å². The summed E-state index contributed by atoms with van der Waals surface area (Å²) in [5, 5.41) is 20.3. The van der Waals surface area contributed by atoms with Crippen LogP contribution in [0.2, 0.25) is 0 Å². The number of hydrogen-bond donors (Lipinski definition) is 2. The molecule has 3 rings (SSSR count). The third kappa shape index (κ3) is 1.83. The predicted octanol–water partition coefficient (Wildman–Crippen LogP) is 4.05. The minimum Gasteiger partial charge on any atom is -0.508 e. The number of benzene rings is 2. The summed E-state index contributed by atoms with van der Waals surface area (Å²) in [6.45, 7) is 5.03. The summed E-state index contributed by atoms with van der Waals surface area (Å²) in [5.74, 6) is 0.547. The van der Waals surface area contributed by atoms with Crippen molar-refractivity contribution < 1.29 is 10.2 Å². The second kappa shape index (κ2) is 4.60. The number of rotatable bonds is 2. The lowest BCUT2D eigenvalue weighted by Gasteiger charge is -2.05.